The molecule has 1 N–H and O–H groups in total. The predicted octanol–water partition coefficient (Wildman–Crippen LogP) is 2.05. The number of imidazole rings is 1. The van der Waals surface area contributed by atoms with Gasteiger partial charge in [-0.3, -0.25) is 0 Å². The van der Waals surface area contributed by atoms with Crippen LogP contribution in [-0.2, 0) is 11.3 Å². The van der Waals surface area contributed by atoms with E-state index in [2.05, 4.69) is 27.9 Å². The van der Waals surface area contributed by atoms with Crippen LogP contribution >= 0.6 is 0 Å². The highest BCUT2D eigenvalue weighted by atomic mass is 16.5. The molecule has 5 heteroatoms. The zero-order valence-corrected chi connectivity index (χ0v) is 13.8. The van der Waals surface area contributed by atoms with E-state index in [0.29, 0.717) is 0 Å². The molecule has 0 radical (unpaired) electrons. The summed E-state index contributed by atoms with van der Waals surface area (Å²) in [5, 5.41) is 3.26. The first-order valence-corrected chi connectivity index (χ1v) is 8.17. The SMILES string of the molecule is CNCCC1CCN(c2nc(C)cn2CCCOC)CC1. The molecule has 1 aromatic heterocycles. The molecule has 0 unspecified atom stereocenters. The van der Waals surface area contributed by atoms with E-state index in [0.717, 1.165) is 56.8 Å². The minimum absolute atomic E-state index is 0.808. The Morgan fingerprint density at radius 1 is 1.38 bits per heavy atom. The summed E-state index contributed by atoms with van der Waals surface area (Å²) in [6.07, 6.45) is 7.07. The molecule has 120 valence electrons. The summed E-state index contributed by atoms with van der Waals surface area (Å²) in [6.45, 7) is 7.28. The van der Waals surface area contributed by atoms with Crippen LogP contribution in [0.5, 0.6) is 0 Å². The van der Waals surface area contributed by atoms with Crippen molar-refractivity contribution in [1.29, 1.82) is 0 Å². The van der Waals surface area contributed by atoms with Crippen molar-refractivity contribution in [3.63, 3.8) is 0 Å². The van der Waals surface area contributed by atoms with Gasteiger partial charge in [-0.15, -0.1) is 0 Å². The number of hydrogen-bond donors (Lipinski definition) is 1. The number of aryl methyl sites for hydroxylation is 2. The summed E-state index contributed by atoms with van der Waals surface area (Å²) >= 11 is 0. The number of hydrogen-bond acceptors (Lipinski definition) is 4. The number of anilines is 1. The van der Waals surface area contributed by atoms with Crippen LogP contribution in [-0.4, -0.2) is 49.9 Å². The molecule has 21 heavy (non-hydrogen) atoms. The third kappa shape index (κ3) is 4.71. The van der Waals surface area contributed by atoms with E-state index in [1.54, 1.807) is 7.11 Å². The fraction of sp³-hybridized carbons (Fsp3) is 0.812. The number of rotatable bonds is 8. The second-order valence-corrected chi connectivity index (χ2v) is 6.04. The Balaban J connectivity index is 1.90. The Bertz CT molecular complexity index is 410. The maximum absolute atomic E-state index is 5.15. The van der Waals surface area contributed by atoms with Crippen molar-refractivity contribution in [1.82, 2.24) is 14.9 Å². The van der Waals surface area contributed by atoms with Crippen molar-refractivity contribution in [3.8, 4) is 0 Å². The zero-order chi connectivity index (χ0) is 15.1. The number of piperidine rings is 1. The first-order chi connectivity index (χ1) is 10.2. The standard InChI is InChI=1S/C16H30N4O/c1-14-13-20(9-4-12-21-3)16(18-14)19-10-6-15(7-11-19)5-8-17-2/h13,15,17H,4-12H2,1-3H3. The van der Waals surface area contributed by atoms with Crippen LogP contribution in [0.2, 0.25) is 0 Å². The van der Waals surface area contributed by atoms with Crippen LogP contribution in [0.1, 0.15) is 31.4 Å². The van der Waals surface area contributed by atoms with Crippen molar-refractivity contribution in [2.24, 2.45) is 5.92 Å². The predicted molar refractivity (Wildman–Crippen MR) is 86.9 cm³/mol. The van der Waals surface area contributed by atoms with Gasteiger partial charge in [0.05, 0.1) is 5.69 Å². The molecular formula is C16H30N4O. The van der Waals surface area contributed by atoms with Crippen LogP contribution in [0.15, 0.2) is 6.20 Å². The highest BCUT2D eigenvalue weighted by Gasteiger charge is 2.22. The minimum Gasteiger partial charge on any atom is -0.385 e. The summed E-state index contributed by atoms with van der Waals surface area (Å²) in [7, 11) is 3.80. The van der Waals surface area contributed by atoms with Gasteiger partial charge < -0.3 is 19.5 Å². The Hall–Kier alpha value is -1.07. The third-order valence-electron chi connectivity index (χ3n) is 4.32. The van der Waals surface area contributed by atoms with Gasteiger partial charge in [0, 0.05) is 39.5 Å². The molecule has 5 nitrogen and oxygen atoms in total. The lowest BCUT2D eigenvalue weighted by molar-refractivity contribution is 0.190. The molecule has 0 amide bonds. The van der Waals surface area contributed by atoms with Crippen molar-refractivity contribution in [2.45, 2.75) is 39.2 Å². The third-order valence-corrected chi connectivity index (χ3v) is 4.32. The molecule has 1 aliphatic heterocycles. The van der Waals surface area contributed by atoms with Crippen molar-refractivity contribution in [3.05, 3.63) is 11.9 Å². The van der Waals surface area contributed by atoms with E-state index in [9.17, 15) is 0 Å². The molecule has 1 fully saturated rings. The summed E-state index contributed by atoms with van der Waals surface area (Å²) in [6, 6.07) is 0. The lowest BCUT2D eigenvalue weighted by Crippen LogP contribution is -2.36. The van der Waals surface area contributed by atoms with Gasteiger partial charge in [-0.1, -0.05) is 0 Å². The van der Waals surface area contributed by atoms with Crippen LogP contribution in [0.25, 0.3) is 0 Å². The molecule has 0 bridgehead atoms. The zero-order valence-electron chi connectivity index (χ0n) is 13.8. The van der Waals surface area contributed by atoms with Gasteiger partial charge in [0.1, 0.15) is 0 Å². The molecule has 0 saturated carbocycles. The first kappa shape index (κ1) is 16.3. The molecule has 2 rings (SSSR count). The molecule has 1 saturated heterocycles. The fourth-order valence-corrected chi connectivity index (χ4v) is 3.10. The molecule has 0 spiro atoms. The molecule has 2 heterocycles. The van der Waals surface area contributed by atoms with Crippen molar-refractivity contribution < 1.29 is 4.74 Å². The highest BCUT2D eigenvalue weighted by Crippen LogP contribution is 2.24. The molecular weight excluding hydrogens is 264 g/mol. The van der Waals surface area contributed by atoms with Gasteiger partial charge in [0.2, 0.25) is 5.95 Å². The molecule has 1 aromatic rings. The average Bonchev–Trinajstić information content (AvgIpc) is 2.87. The van der Waals surface area contributed by atoms with Gasteiger partial charge in [-0.2, -0.15) is 0 Å². The van der Waals surface area contributed by atoms with E-state index in [1.807, 2.05) is 7.05 Å². The minimum atomic E-state index is 0.808. The van der Waals surface area contributed by atoms with Gasteiger partial charge in [0.25, 0.3) is 0 Å². The summed E-state index contributed by atoms with van der Waals surface area (Å²) in [5.74, 6) is 2.02. The van der Waals surface area contributed by atoms with E-state index in [1.165, 1.54) is 19.3 Å². The lowest BCUT2D eigenvalue weighted by Gasteiger charge is -2.33. The van der Waals surface area contributed by atoms with Gasteiger partial charge >= 0.3 is 0 Å². The van der Waals surface area contributed by atoms with E-state index < -0.39 is 0 Å². The summed E-state index contributed by atoms with van der Waals surface area (Å²) in [4.78, 5) is 7.19. The van der Waals surface area contributed by atoms with E-state index in [-0.39, 0.29) is 0 Å². The molecule has 0 aliphatic carbocycles. The van der Waals surface area contributed by atoms with Gasteiger partial charge in [-0.05, 0) is 52.1 Å². The number of nitrogens with one attached hydrogen (secondary N) is 1. The number of aromatic nitrogens is 2. The number of nitrogens with zero attached hydrogens (tertiary/aromatic N) is 3. The highest BCUT2D eigenvalue weighted by molar-refractivity contribution is 5.34. The second kappa shape index (κ2) is 8.39. The van der Waals surface area contributed by atoms with E-state index >= 15 is 0 Å². The normalized spacial score (nSPS) is 16.6. The topological polar surface area (TPSA) is 42.3 Å². The maximum atomic E-state index is 5.15. The lowest BCUT2D eigenvalue weighted by atomic mass is 9.94. The van der Waals surface area contributed by atoms with Crippen LogP contribution in [0, 0.1) is 12.8 Å². The second-order valence-electron chi connectivity index (χ2n) is 6.04. The Kier molecular flexibility index (Phi) is 6.51. The van der Waals surface area contributed by atoms with Gasteiger partial charge in [-0.25, -0.2) is 4.98 Å². The van der Waals surface area contributed by atoms with Crippen LogP contribution in [0.3, 0.4) is 0 Å². The largest absolute Gasteiger partial charge is 0.385 e. The summed E-state index contributed by atoms with van der Waals surface area (Å²) < 4.78 is 7.45. The van der Waals surface area contributed by atoms with Gasteiger partial charge in [0.15, 0.2) is 0 Å². The van der Waals surface area contributed by atoms with Crippen molar-refractivity contribution in [2.75, 3.05) is 45.3 Å². The van der Waals surface area contributed by atoms with E-state index in [4.69, 9.17) is 9.72 Å². The number of methoxy groups -OCH3 is 1. The van der Waals surface area contributed by atoms with Crippen LogP contribution < -0.4 is 10.2 Å². The smallest absolute Gasteiger partial charge is 0.205 e. The summed E-state index contributed by atoms with van der Waals surface area (Å²) in [5.41, 5.74) is 1.11. The fourth-order valence-electron chi connectivity index (χ4n) is 3.10. The molecule has 1 aliphatic rings. The Morgan fingerprint density at radius 2 is 2.14 bits per heavy atom. The molecule has 0 atom stereocenters. The molecule has 0 aromatic carbocycles. The maximum Gasteiger partial charge on any atom is 0.205 e. The Labute approximate surface area is 128 Å². The van der Waals surface area contributed by atoms with Crippen LogP contribution in [0.4, 0.5) is 5.95 Å². The average molecular weight is 294 g/mol. The number of ether oxygens (including phenoxy) is 1. The Morgan fingerprint density at radius 3 is 2.81 bits per heavy atom. The first-order valence-electron chi connectivity index (χ1n) is 8.17. The monoisotopic (exact) mass is 294 g/mol. The quantitative estimate of drug-likeness (QED) is 0.745. The van der Waals surface area contributed by atoms with Crippen molar-refractivity contribution >= 4 is 5.95 Å².